The van der Waals surface area contributed by atoms with E-state index < -0.39 is 0 Å². The fourth-order valence-corrected chi connectivity index (χ4v) is 4.51. The maximum Gasteiger partial charge on any atom is 0.255 e. The van der Waals surface area contributed by atoms with Gasteiger partial charge in [0.25, 0.3) is 5.91 Å². The molecule has 0 bridgehead atoms. The SMILES string of the molecule is Cc1cc(CSc2ccccc2C(=O)N(Cc2cccc(Br)c2)C2CC2)on1. The minimum atomic E-state index is 0.0966. The molecule has 1 aliphatic rings. The van der Waals surface area contributed by atoms with Gasteiger partial charge in [0.1, 0.15) is 5.76 Å². The van der Waals surface area contributed by atoms with Crippen LogP contribution in [0.25, 0.3) is 0 Å². The lowest BCUT2D eigenvalue weighted by Gasteiger charge is -2.24. The van der Waals surface area contributed by atoms with E-state index in [0.717, 1.165) is 44.8 Å². The van der Waals surface area contributed by atoms with Gasteiger partial charge in [0.15, 0.2) is 0 Å². The molecule has 1 saturated carbocycles. The molecule has 1 amide bonds. The maximum atomic E-state index is 13.4. The predicted octanol–water partition coefficient (Wildman–Crippen LogP) is 5.84. The Morgan fingerprint density at radius 2 is 2.04 bits per heavy atom. The number of benzene rings is 2. The lowest BCUT2D eigenvalue weighted by atomic mass is 10.1. The Morgan fingerprint density at radius 1 is 1.21 bits per heavy atom. The molecule has 3 aromatic rings. The normalized spacial score (nSPS) is 13.5. The second-order valence-electron chi connectivity index (χ2n) is 7.01. The van der Waals surface area contributed by atoms with Crippen LogP contribution in [0, 0.1) is 6.92 Å². The molecule has 0 unspecified atom stereocenters. The van der Waals surface area contributed by atoms with Crippen LogP contribution in [0.4, 0.5) is 0 Å². The fraction of sp³-hybridized carbons (Fsp3) is 0.273. The molecule has 0 aliphatic heterocycles. The number of rotatable bonds is 7. The third-order valence-electron chi connectivity index (χ3n) is 4.65. The number of nitrogens with zero attached hydrogens (tertiary/aromatic N) is 2. The van der Waals surface area contributed by atoms with Crippen LogP contribution in [0.1, 0.15) is 40.2 Å². The Labute approximate surface area is 177 Å². The zero-order valence-electron chi connectivity index (χ0n) is 15.6. The molecule has 0 spiro atoms. The summed E-state index contributed by atoms with van der Waals surface area (Å²) < 4.78 is 6.34. The van der Waals surface area contributed by atoms with Crippen molar-refractivity contribution >= 4 is 33.6 Å². The first-order valence-corrected chi connectivity index (χ1v) is 11.1. The van der Waals surface area contributed by atoms with E-state index in [-0.39, 0.29) is 5.91 Å². The van der Waals surface area contributed by atoms with Gasteiger partial charge in [-0.15, -0.1) is 11.8 Å². The molecule has 1 fully saturated rings. The van der Waals surface area contributed by atoms with Gasteiger partial charge >= 0.3 is 0 Å². The van der Waals surface area contributed by atoms with Crippen molar-refractivity contribution < 1.29 is 9.32 Å². The number of aryl methyl sites for hydroxylation is 1. The molecule has 28 heavy (non-hydrogen) atoms. The number of amides is 1. The summed E-state index contributed by atoms with van der Waals surface area (Å²) in [6.45, 7) is 2.54. The van der Waals surface area contributed by atoms with Crippen LogP contribution in [0.3, 0.4) is 0 Å². The van der Waals surface area contributed by atoms with Crippen molar-refractivity contribution in [1.29, 1.82) is 0 Å². The van der Waals surface area contributed by atoms with E-state index in [4.69, 9.17) is 4.52 Å². The van der Waals surface area contributed by atoms with Gasteiger partial charge in [-0.3, -0.25) is 4.79 Å². The first-order valence-electron chi connectivity index (χ1n) is 9.29. The lowest BCUT2D eigenvalue weighted by molar-refractivity contribution is 0.0726. The molecule has 144 valence electrons. The minimum absolute atomic E-state index is 0.0966. The standard InChI is InChI=1S/C22H21BrN2O2S/c1-15-11-19(27-24-15)14-28-21-8-3-2-7-20(21)22(26)25(18-9-10-18)13-16-5-4-6-17(23)12-16/h2-8,11-12,18H,9-10,13-14H2,1H3. The van der Waals surface area contributed by atoms with Crippen LogP contribution in [-0.2, 0) is 12.3 Å². The average molecular weight is 457 g/mol. The van der Waals surface area contributed by atoms with Gasteiger partial charge in [0, 0.05) is 28.0 Å². The monoisotopic (exact) mass is 456 g/mol. The largest absolute Gasteiger partial charge is 0.360 e. The zero-order chi connectivity index (χ0) is 19.5. The van der Waals surface area contributed by atoms with Crippen LogP contribution in [-0.4, -0.2) is 22.0 Å². The highest BCUT2D eigenvalue weighted by Crippen LogP contribution is 2.33. The third-order valence-corrected chi connectivity index (χ3v) is 6.24. The van der Waals surface area contributed by atoms with Crippen molar-refractivity contribution in [2.24, 2.45) is 0 Å². The minimum Gasteiger partial charge on any atom is -0.360 e. The maximum absolute atomic E-state index is 13.4. The highest BCUT2D eigenvalue weighted by molar-refractivity contribution is 9.10. The first kappa shape index (κ1) is 19.3. The van der Waals surface area contributed by atoms with E-state index in [1.54, 1.807) is 11.8 Å². The molecule has 4 nitrogen and oxygen atoms in total. The Hall–Kier alpha value is -2.05. The molecule has 1 aliphatic carbocycles. The number of hydrogen-bond donors (Lipinski definition) is 0. The molecule has 0 saturated heterocycles. The van der Waals surface area contributed by atoms with Crippen LogP contribution in [0.15, 0.2) is 68.5 Å². The van der Waals surface area contributed by atoms with Crippen molar-refractivity contribution in [2.75, 3.05) is 0 Å². The summed E-state index contributed by atoms with van der Waals surface area (Å²) in [4.78, 5) is 16.4. The Bertz CT molecular complexity index is 984. The highest BCUT2D eigenvalue weighted by atomic mass is 79.9. The van der Waals surface area contributed by atoms with Crippen molar-refractivity contribution in [1.82, 2.24) is 10.1 Å². The van der Waals surface area contributed by atoms with E-state index >= 15 is 0 Å². The van der Waals surface area contributed by atoms with Crippen molar-refractivity contribution in [3.63, 3.8) is 0 Å². The highest BCUT2D eigenvalue weighted by Gasteiger charge is 2.33. The summed E-state index contributed by atoms with van der Waals surface area (Å²) in [6, 6.07) is 18.3. The second kappa shape index (κ2) is 8.53. The quantitative estimate of drug-likeness (QED) is 0.418. The first-order chi connectivity index (χ1) is 13.6. The van der Waals surface area contributed by atoms with E-state index in [1.165, 1.54) is 0 Å². The van der Waals surface area contributed by atoms with Crippen LogP contribution in [0.2, 0.25) is 0 Å². The molecule has 4 rings (SSSR count). The van der Waals surface area contributed by atoms with E-state index in [9.17, 15) is 4.79 Å². The molecule has 0 radical (unpaired) electrons. The topological polar surface area (TPSA) is 46.3 Å². The number of carbonyl (C=O) groups is 1. The molecular formula is C22H21BrN2O2S. The third kappa shape index (κ3) is 4.67. The summed E-state index contributed by atoms with van der Waals surface area (Å²) in [5.74, 6) is 1.57. The average Bonchev–Trinajstić information content (AvgIpc) is 3.45. The number of carbonyl (C=O) groups excluding carboxylic acids is 1. The molecule has 2 aromatic carbocycles. The Kier molecular flexibility index (Phi) is 5.87. The van der Waals surface area contributed by atoms with Gasteiger partial charge in [-0.2, -0.15) is 0 Å². The van der Waals surface area contributed by atoms with E-state index in [2.05, 4.69) is 33.2 Å². The van der Waals surface area contributed by atoms with Gasteiger partial charge in [-0.05, 0) is 49.6 Å². The summed E-state index contributed by atoms with van der Waals surface area (Å²) in [6.07, 6.45) is 2.15. The molecule has 1 aromatic heterocycles. The van der Waals surface area contributed by atoms with E-state index in [1.807, 2.05) is 54.3 Å². The number of aromatic nitrogens is 1. The molecule has 0 atom stereocenters. The summed E-state index contributed by atoms with van der Waals surface area (Å²) in [5, 5.41) is 3.93. The smallest absolute Gasteiger partial charge is 0.255 e. The van der Waals surface area contributed by atoms with Crippen LogP contribution < -0.4 is 0 Å². The van der Waals surface area contributed by atoms with Crippen molar-refractivity contribution in [3.05, 3.63) is 81.7 Å². The fourth-order valence-electron chi connectivity index (χ4n) is 3.14. The summed E-state index contributed by atoms with van der Waals surface area (Å²) in [5.41, 5.74) is 2.76. The van der Waals surface area contributed by atoms with Gasteiger partial charge in [0.05, 0.1) is 17.0 Å². The second-order valence-corrected chi connectivity index (χ2v) is 8.95. The molecule has 6 heteroatoms. The number of hydrogen-bond acceptors (Lipinski definition) is 4. The Balaban J connectivity index is 1.53. The Morgan fingerprint density at radius 3 is 2.75 bits per heavy atom. The zero-order valence-corrected chi connectivity index (χ0v) is 18.0. The van der Waals surface area contributed by atoms with E-state index in [0.29, 0.717) is 18.3 Å². The van der Waals surface area contributed by atoms with Crippen molar-refractivity contribution in [2.45, 2.75) is 43.0 Å². The number of thioether (sulfide) groups is 1. The van der Waals surface area contributed by atoms with Crippen LogP contribution >= 0.6 is 27.7 Å². The molecular weight excluding hydrogens is 436 g/mol. The lowest BCUT2D eigenvalue weighted by Crippen LogP contribution is -2.33. The van der Waals surface area contributed by atoms with Crippen LogP contribution in [0.5, 0.6) is 0 Å². The number of halogens is 1. The van der Waals surface area contributed by atoms with Crippen molar-refractivity contribution in [3.8, 4) is 0 Å². The summed E-state index contributed by atoms with van der Waals surface area (Å²) >= 11 is 5.13. The molecule has 1 heterocycles. The van der Waals surface area contributed by atoms with Gasteiger partial charge < -0.3 is 9.42 Å². The molecule has 0 N–H and O–H groups in total. The van der Waals surface area contributed by atoms with Gasteiger partial charge in [0.2, 0.25) is 0 Å². The summed E-state index contributed by atoms with van der Waals surface area (Å²) in [7, 11) is 0. The van der Waals surface area contributed by atoms with Gasteiger partial charge in [-0.25, -0.2) is 0 Å². The predicted molar refractivity (Wildman–Crippen MR) is 114 cm³/mol. The van der Waals surface area contributed by atoms with Gasteiger partial charge in [-0.1, -0.05) is 45.4 Å².